The zero-order valence-corrected chi connectivity index (χ0v) is 10.4. The number of thioether (sulfide) groups is 1. The van der Waals surface area contributed by atoms with Crippen molar-refractivity contribution in [3.63, 3.8) is 0 Å². The molecule has 0 aromatic carbocycles. The average Bonchev–Trinajstić information content (AvgIpc) is 2.69. The normalized spacial score (nSPS) is 12.8. The summed E-state index contributed by atoms with van der Waals surface area (Å²) in [6, 6.07) is 1.90. The van der Waals surface area contributed by atoms with Gasteiger partial charge in [0.25, 0.3) is 0 Å². The van der Waals surface area contributed by atoms with E-state index in [9.17, 15) is 4.79 Å². The minimum Gasteiger partial charge on any atom is -0.481 e. The number of aromatic nitrogens is 3. The fourth-order valence-electron chi connectivity index (χ4n) is 1.42. The molecule has 1 N–H and O–H groups in total. The first kappa shape index (κ1) is 11.9. The lowest BCUT2D eigenvalue weighted by Crippen LogP contribution is -2.11. The highest BCUT2D eigenvalue weighted by atomic mass is 32.2. The number of carboxylic acid groups (broad SMARTS) is 1. The van der Waals surface area contributed by atoms with Crippen molar-refractivity contribution >= 4 is 28.8 Å². The summed E-state index contributed by atoms with van der Waals surface area (Å²) in [5.74, 6) is -0.677. The lowest BCUT2D eigenvalue weighted by Gasteiger charge is -2.05. The number of carbonyl (C=O) groups is 1. The third-order valence-electron chi connectivity index (χ3n) is 2.50. The lowest BCUT2D eigenvalue weighted by molar-refractivity contribution is -0.140. The van der Waals surface area contributed by atoms with Crippen molar-refractivity contribution in [3.8, 4) is 0 Å². The second kappa shape index (κ2) is 4.75. The van der Waals surface area contributed by atoms with Gasteiger partial charge in [-0.1, -0.05) is 6.92 Å². The summed E-state index contributed by atoms with van der Waals surface area (Å²) in [5.41, 5.74) is 1.84. The van der Waals surface area contributed by atoms with Crippen molar-refractivity contribution in [2.45, 2.75) is 11.9 Å². The van der Waals surface area contributed by atoms with Crippen molar-refractivity contribution in [1.82, 2.24) is 14.5 Å². The number of rotatable bonds is 4. The number of pyridine rings is 1. The molecule has 2 rings (SSSR count). The Hall–Kier alpha value is -1.56. The van der Waals surface area contributed by atoms with Crippen molar-refractivity contribution < 1.29 is 9.90 Å². The molecule has 2 heterocycles. The van der Waals surface area contributed by atoms with Crippen LogP contribution in [-0.4, -0.2) is 31.4 Å². The average molecular weight is 251 g/mol. The molecule has 2 aromatic heterocycles. The Kier molecular flexibility index (Phi) is 3.33. The third kappa shape index (κ3) is 2.41. The number of hydrogen-bond donors (Lipinski definition) is 1. The highest BCUT2D eigenvalue weighted by molar-refractivity contribution is 7.99. The molecule has 0 saturated heterocycles. The minimum absolute atomic E-state index is 0.388. The van der Waals surface area contributed by atoms with E-state index in [2.05, 4.69) is 9.97 Å². The number of hydrogen-bond acceptors (Lipinski definition) is 4. The summed E-state index contributed by atoms with van der Waals surface area (Å²) in [6.45, 7) is 1.69. The van der Waals surface area contributed by atoms with Gasteiger partial charge in [-0.3, -0.25) is 4.79 Å². The second-order valence-corrected chi connectivity index (χ2v) is 4.90. The van der Waals surface area contributed by atoms with Gasteiger partial charge in [0.05, 0.1) is 17.8 Å². The summed E-state index contributed by atoms with van der Waals surface area (Å²) < 4.78 is 1.92. The number of carboxylic acids is 1. The van der Waals surface area contributed by atoms with Gasteiger partial charge in [-0.2, -0.15) is 0 Å². The molecule has 0 bridgehead atoms. The maximum Gasteiger partial charge on any atom is 0.307 e. The van der Waals surface area contributed by atoms with E-state index in [1.54, 1.807) is 19.4 Å². The van der Waals surface area contributed by atoms with Gasteiger partial charge in [0.1, 0.15) is 10.5 Å². The number of aryl methyl sites for hydroxylation is 1. The summed E-state index contributed by atoms with van der Waals surface area (Å²) in [6.07, 6.45) is 3.45. The Morgan fingerprint density at radius 3 is 3.06 bits per heavy atom. The number of fused-ring (bicyclic) bond motifs is 1. The van der Waals surface area contributed by atoms with Crippen LogP contribution in [0.15, 0.2) is 23.6 Å². The van der Waals surface area contributed by atoms with Gasteiger partial charge < -0.3 is 9.67 Å². The Bertz CT molecular complexity index is 553. The molecule has 90 valence electrons. The number of aliphatic carboxylic acids is 1. The molecule has 2 aromatic rings. The maximum absolute atomic E-state index is 10.7. The maximum atomic E-state index is 10.7. The summed E-state index contributed by atoms with van der Waals surface area (Å²) in [4.78, 5) is 19.3. The molecule has 17 heavy (non-hydrogen) atoms. The van der Waals surface area contributed by atoms with Crippen LogP contribution in [0.25, 0.3) is 11.0 Å². The van der Waals surface area contributed by atoms with E-state index in [0.717, 1.165) is 16.1 Å². The molecule has 1 atom stereocenters. The van der Waals surface area contributed by atoms with E-state index in [0.29, 0.717) is 5.75 Å². The quantitative estimate of drug-likeness (QED) is 0.839. The van der Waals surface area contributed by atoms with Crippen LogP contribution in [0.2, 0.25) is 0 Å². The van der Waals surface area contributed by atoms with Crippen molar-refractivity contribution in [2.24, 2.45) is 13.0 Å². The predicted molar refractivity (Wildman–Crippen MR) is 66.0 cm³/mol. The van der Waals surface area contributed by atoms with E-state index in [4.69, 9.17) is 5.11 Å². The molecule has 0 aliphatic rings. The van der Waals surface area contributed by atoms with Crippen LogP contribution in [-0.2, 0) is 11.8 Å². The molecule has 0 amide bonds. The van der Waals surface area contributed by atoms with Crippen LogP contribution in [0.3, 0.4) is 0 Å². The topological polar surface area (TPSA) is 68.0 Å². The summed E-state index contributed by atoms with van der Waals surface area (Å²) in [7, 11) is 1.92. The molecule has 0 radical (unpaired) electrons. The molecule has 0 saturated carbocycles. The molecule has 0 aliphatic carbocycles. The molecule has 0 fully saturated rings. The molecular formula is C11H13N3O2S. The minimum atomic E-state index is -0.786. The molecule has 0 aliphatic heterocycles. The lowest BCUT2D eigenvalue weighted by atomic mass is 10.2. The van der Waals surface area contributed by atoms with Crippen molar-refractivity contribution in [3.05, 3.63) is 18.6 Å². The van der Waals surface area contributed by atoms with Gasteiger partial charge in [-0.15, -0.1) is 11.8 Å². The number of nitrogens with zero attached hydrogens (tertiary/aromatic N) is 3. The van der Waals surface area contributed by atoms with E-state index in [1.165, 1.54) is 11.8 Å². The first-order valence-corrected chi connectivity index (χ1v) is 6.20. The first-order valence-electron chi connectivity index (χ1n) is 5.21. The third-order valence-corrected chi connectivity index (χ3v) is 3.74. The van der Waals surface area contributed by atoms with E-state index in [-0.39, 0.29) is 5.92 Å². The van der Waals surface area contributed by atoms with E-state index < -0.39 is 5.97 Å². The molecular weight excluding hydrogens is 238 g/mol. The fraction of sp³-hybridized carbons (Fsp3) is 0.364. The Balaban J connectivity index is 2.21. The monoisotopic (exact) mass is 251 g/mol. The molecule has 6 heteroatoms. The van der Waals surface area contributed by atoms with Crippen LogP contribution in [0.5, 0.6) is 0 Å². The zero-order chi connectivity index (χ0) is 12.4. The Labute approximate surface area is 103 Å². The number of imidazole rings is 1. The van der Waals surface area contributed by atoms with Crippen LogP contribution in [0, 0.1) is 5.92 Å². The van der Waals surface area contributed by atoms with Gasteiger partial charge in [-0.25, -0.2) is 9.97 Å². The van der Waals surface area contributed by atoms with E-state index >= 15 is 0 Å². The summed E-state index contributed by atoms with van der Waals surface area (Å²) in [5, 5.41) is 9.61. The highest BCUT2D eigenvalue weighted by Gasteiger charge is 2.14. The van der Waals surface area contributed by atoms with E-state index in [1.807, 2.05) is 17.7 Å². The van der Waals surface area contributed by atoms with Crippen molar-refractivity contribution in [1.29, 1.82) is 0 Å². The molecule has 1 unspecified atom stereocenters. The van der Waals surface area contributed by atoms with Crippen LogP contribution < -0.4 is 0 Å². The second-order valence-electron chi connectivity index (χ2n) is 3.89. The fourth-order valence-corrected chi connectivity index (χ4v) is 2.40. The SMILES string of the molecule is CC(CSc1nccc2c1ncn2C)C(=O)O. The molecule has 0 spiro atoms. The standard InChI is InChI=1S/C11H13N3O2S/c1-7(11(15)16)5-17-10-9-8(3-4-12-10)14(2)6-13-9/h3-4,6-7H,5H2,1-2H3,(H,15,16). The van der Waals surface area contributed by atoms with Gasteiger partial charge in [0, 0.05) is 19.0 Å². The Morgan fingerprint density at radius 1 is 1.59 bits per heavy atom. The van der Waals surface area contributed by atoms with Gasteiger partial charge in [-0.05, 0) is 6.07 Å². The predicted octanol–water partition coefficient (Wildman–Crippen LogP) is 1.78. The summed E-state index contributed by atoms with van der Waals surface area (Å²) >= 11 is 1.43. The van der Waals surface area contributed by atoms with Crippen molar-refractivity contribution in [2.75, 3.05) is 5.75 Å². The smallest absolute Gasteiger partial charge is 0.307 e. The largest absolute Gasteiger partial charge is 0.481 e. The van der Waals surface area contributed by atoms with Crippen LogP contribution >= 0.6 is 11.8 Å². The first-order chi connectivity index (χ1) is 8.09. The zero-order valence-electron chi connectivity index (χ0n) is 9.62. The highest BCUT2D eigenvalue weighted by Crippen LogP contribution is 2.25. The molecule has 5 nitrogen and oxygen atoms in total. The Morgan fingerprint density at radius 2 is 2.35 bits per heavy atom. The van der Waals surface area contributed by atoms with Gasteiger partial charge >= 0.3 is 5.97 Å². The van der Waals surface area contributed by atoms with Gasteiger partial charge in [0.2, 0.25) is 0 Å². The van der Waals surface area contributed by atoms with Crippen LogP contribution in [0.1, 0.15) is 6.92 Å². The van der Waals surface area contributed by atoms with Crippen LogP contribution in [0.4, 0.5) is 0 Å². The van der Waals surface area contributed by atoms with Gasteiger partial charge in [0.15, 0.2) is 0 Å².